The maximum atomic E-state index is 13.8. The standard InChI is InChI=1S/C37H39F6N3O6.Na/c1-35(2,3)24-9-10-30(49-4)29(16-24)28-17-32(51-6)31(50-5)14-23(28)21-46(34-44-18-27(19-45-34)52-11-7-8-33(47)48)20-22-12-25(36(38,39)40)15-26(13-22)37(41,42)43;/h9-10,12-19H,7-8,11,20-21H2,1-6H3,(H,47,48);/q;+1/p-1. The molecule has 280 valence electrons. The smallest absolute Gasteiger partial charge is 0.550 e. The molecule has 9 nitrogen and oxygen atoms in total. The first-order valence-electron chi connectivity index (χ1n) is 16.0. The van der Waals surface area contributed by atoms with E-state index in [2.05, 4.69) is 9.97 Å². The molecule has 0 spiro atoms. The van der Waals surface area contributed by atoms with Crippen molar-refractivity contribution in [1.82, 2.24) is 9.97 Å². The molecule has 0 radical (unpaired) electrons. The first-order valence-corrected chi connectivity index (χ1v) is 16.0. The van der Waals surface area contributed by atoms with Gasteiger partial charge in [-0.1, -0.05) is 26.8 Å². The number of nitrogens with zero attached hydrogens (tertiary/aromatic N) is 3. The van der Waals surface area contributed by atoms with Crippen molar-refractivity contribution < 1.29 is 84.7 Å². The molecule has 0 aliphatic rings. The number of aliphatic carboxylic acids is 1. The van der Waals surface area contributed by atoms with Gasteiger partial charge < -0.3 is 33.7 Å². The van der Waals surface area contributed by atoms with E-state index in [1.165, 1.54) is 38.6 Å². The van der Waals surface area contributed by atoms with Crippen LogP contribution in [-0.2, 0) is 35.7 Å². The van der Waals surface area contributed by atoms with Crippen molar-refractivity contribution in [2.45, 2.75) is 64.5 Å². The summed E-state index contributed by atoms with van der Waals surface area (Å²) in [5.41, 5.74) is -0.792. The van der Waals surface area contributed by atoms with Crippen LogP contribution in [0.1, 0.15) is 61.4 Å². The van der Waals surface area contributed by atoms with E-state index in [0.29, 0.717) is 46.1 Å². The van der Waals surface area contributed by atoms with Gasteiger partial charge in [0.1, 0.15) is 5.75 Å². The van der Waals surface area contributed by atoms with E-state index in [4.69, 9.17) is 18.9 Å². The maximum Gasteiger partial charge on any atom is 1.00 e. The molecule has 4 rings (SSSR count). The van der Waals surface area contributed by atoms with Crippen LogP contribution in [0.15, 0.2) is 60.9 Å². The van der Waals surface area contributed by atoms with Crippen LogP contribution < -0.4 is 58.5 Å². The molecule has 53 heavy (non-hydrogen) atoms. The Balaban J connectivity index is 0.00000756. The van der Waals surface area contributed by atoms with Crippen molar-refractivity contribution in [2.75, 3.05) is 32.8 Å². The average Bonchev–Trinajstić information content (AvgIpc) is 3.08. The molecule has 16 heteroatoms. The zero-order valence-corrected chi connectivity index (χ0v) is 32.4. The Labute approximate surface area is 325 Å². The second-order valence-corrected chi connectivity index (χ2v) is 12.8. The number of anilines is 1. The fourth-order valence-corrected chi connectivity index (χ4v) is 5.38. The molecular formula is C37H38F6N3NaO6. The van der Waals surface area contributed by atoms with Crippen molar-refractivity contribution in [2.24, 2.45) is 0 Å². The van der Waals surface area contributed by atoms with Gasteiger partial charge in [-0.05, 0) is 83.0 Å². The quantitative estimate of drug-likeness (QED) is 0.104. The number of aromatic nitrogens is 2. The third-order valence-electron chi connectivity index (χ3n) is 8.04. The molecular weight excluding hydrogens is 719 g/mol. The Bertz CT molecular complexity index is 1830. The molecule has 0 saturated heterocycles. The minimum Gasteiger partial charge on any atom is -0.550 e. The SMILES string of the molecule is COc1cc(CN(Cc2cc(C(F)(F)F)cc(C(F)(F)F)c2)c2ncc(OCCCC(=O)[O-])cn2)c(-c2cc(C(C)(C)C)ccc2OC)cc1OC.[Na+]. The minimum absolute atomic E-state index is 0. The van der Waals surface area contributed by atoms with Crippen LogP contribution in [0.3, 0.4) is 0 Å². The molecule has 3 aromatic carbocycles. The zero-order chi connectivity index (χ0) is 38.4. The van der Waals surface area contributed by atoms with E-state index < -0.39 is 36.0 Å². The predicted molar refractivity (Wildman–Crippen MR) is 178 cm³/mol. The van der Waals surface area contributed by atoms with Gasteiger partial charge in [0.2, 0.25) is 5.95 Å². The van der Waals surface area contributed by atoms with Gasteiger partial charge in [0.25, 0.3) is 0 Å². The summed E-state index contributed by atoms with van der Waals surface area (Å²) >= 11 is 0. The number of benzene rings is 3. The van der Waals surface area contributed by atoms with E-state index >= 15 is 0 Å². The van der Waals surface area contributed by atoms with Gasteiger partial charge in [-0.25, -0.2) is 9.97 Å². The van der Waals surface area contributed by atoms with Gasteiger partial charge in [0.05, 0.1) is 51.5 Å². The molecule has 0 bridgehead atoms. The third kappa shape index (κ3) is 11.4. The van der Waals surface area contributed by atoms with Crippen LogP contribution in [0, 0.1) is 0 Å². The summed E-state index contributed by atoms with van der Waals surface area (Å²) in [7, 11) is 4.39. The van der Waals surface area contributed by atoms with E-state index in [1.807, 2.05) is 39.0 Å². The van der Waals surface area contributed by atoms with Crippen molar-refractivity contribution in [3.8, 4) is 34.1 Å². The second-order valence-electron chi connectivity index (χ2n) is 12.8. The largest absolute Gasteiger partial charge is 1.00 e. The molecule has 0 N–H and O–H groups in total. The summed E-state index contributed by atoms with van der Waals surface area (Å²) in [6, 6.07) is 10.4. The molecule has 0 amide bonds. The van der Waals surface area contributed by atoms with Crippen molar-refractivity contribution in [3.63, 3.8) is 0 Å². The molecule has 0 saturated carbocycles. The molecule has 1 aromatic heterocycles. The normalized spacial score (nSPS) is 11.8. The van der Waals surface area contributed by atoms with Gasteiger partial charge in [0.15, 0.2) is 17.2 Å². The van der Waals surface area contributed by atoms with Gasteiger partial charge in [-0.15, -0.1) is 0 Å². The molecule has 0 aliphatic carbocycles. The number of hydrogen-bond donors (Lipinski definition) is 0. The maximum absolute atomic E-state index is 13.8. The van der Waals surface area contributed by atoms with Crippen LogP contribution in [-0.4, -0.2) is 43.9 Å². The Kier molecular flexibility index (Phi) is 14.5. The molecule has 0 aliphatic heterocycles. The van der Waals surface area contributed by atoms with Crippen molar-refractivity contribution >= 4 is 11.9 Å². The van der Waals surface area contributed by atoms with Gasteiger partial charge in [-0.2, -0.15) is 26.3 Å². The number of ether oxygens (including phenoxy) is 4. The number of carboxylic acids is 1. The van der Waals surface area contributed by atoms with Crippen LogP contribution in [0.4, 0.5) is 32.3 Å². The first-order chi connectivity index (χ1) is 24.3. The first kappa shape index (κ1) is 43.2. The summed E-state index contributed by atoms with van der Waals surface area (Å²) in [5, 5.41) is 10.7. The Morgan fingerprint density at radius 2 is 1.30 bits per heavy atom. The second kappa shape index (κ2) is 17.7. The Morgan fingerprint density at radius 3 is 1.81 bits per heavy atom. The number of rotatable bonds is 14. The van der Waals surface area contributed by atoms with E-state index in [9.17, 15) is 36.2 Å². The Hall–Kier alpha value is -4.21. The number of halogens is 6. The molecule has 0 atom stereocenters. The van der Waals surface area contributed by atoms with E-state index in [1.54, 1.807) is 12.1 Å². The number of carboxylic acid groups (broad SMARTS) is 1. The summed E-state index contributed by atoms with van der Waals surface area (Å²) in [4.78, 5) is 20.8. The number of carbonyl (C=O) groups excluding carboxylic acids is 1. The summed E-state index contributed by atoms with van der Waals surface area (Å²) in [6.07, 6.45) is -7.66. The van der Waals surface area contributed by atoms with Crippen molar-refractivity contribution in [1.29, 1.82) is 0 Å². The monoisotopic (exact) mass is 757 g/mol. The van der Waals surface area contributed by atoms with E-state index in [-0.39, 0.29) is 84.3 Å². The van der Waals surface area contributed by atoms with E-state index in [0.717, 1.165) is 5.56 Å². The fraction of sp³-hybridized carbons (Fsp3) is 0.378. The molecule has 0 fully saturated rings. The average molecular weight is 758 g/mol. The zero-order valence-electron chi connectivity index (χ0n) is 30.4. The van der Waals surface area contributed by atoms with Crippen LogP contribution >= 0.6 is 0 Å². The van der Waals surface area contributed by atoms with Gasteiger partial charge >= 0.3 is 41.9 Å². The predicted octanol–water partition coefficient (Wildman–Crippen LogP) is 4.62. The van der Waals surface area contributed by atoms with Crippen LogP contribution in [0.25, 0.3) is 11.1 Å². The molecule has 1 heterocycles. The fourth-order valence-electron chi connectivity index (χ4n) is 5.38. The minimum atomic E-state index is -5.06. The summed E-state index contributed by atoms with van der Waals surface area (Å²) in [5.74, 6) is 0.0377. The van der Waals surface area contributed by atoms with Gasteiger partial charge in [-0.3, -0.25) is 0 Å². The van der Waals surface area contributed by atoms with Crippen molar-refractivity contribution in [3.05, 3.63) is 88.7 Å². The number of hydrogen-bond acceptors (Lipinski definition) is 9. The molecule has 0 unspecified atom stereocenters. The van der Waals surface area contributed by atoms with Crippen LogP contribution in [0.2, 0.25) is 0 Å². The summed E-state index contributed by atoms with van der Waals surface area (Å²) in [6.45, 7) is 5.50. The van der Waals surface area contributed by atoms with Gasteiger partial charge in [0, 0.05) is 24.6 Å². The summed E-state index contributed by atoms with van der Waals surface area (Å²) < 4.78 is 105. The molecule has 4 aromatic rings. The Morgan fingerprint density at radius 1 is 0.736 bits per heavy atom. The number of alkyl halides is 6. The topological polar surface area (TPSA) is 106 Å². The number of carbonyl (C=O) groups is 1. The van der Waals surface area contributed by atoms with Crippen LogP contribution in [0.5, 0.6) is 23.0 Å². The third-order valence-corrected chi connectivity index (χ3v) is 8.04. The number of methoxy groups -OCH3 is 3.